The molecule has 1 heterocycles. The molecular weight excluding hydrogens is 216 g/mol. The van der Waals surface area contributed by atoms with Crippen molar-refractivity contribution in [1.82, 2.24) is 5.16 Å². The Kier molecular flexibility index (Phi) is 3.90. The minimum atomic E-state index is 0.564. The van der Waals surface area contributed by atoms with Crippen molar-refractivity contribution >= 4 is 0 Å². The summed E-state index contributed by atoms with van der Waals surface area (Å²) in [6, 6.07) is 9.93. The monoisotopic (exact) mass is 232 g/mol. The maximum absolute atomic E-state index is 5.48. The fourth-order valence-corrected chi connectivity index (χ4v) is 1.75. The average Bonchev–Trinajstić information content (AvgIpc) is 2.79. The molecule has 4 nitrogen and oxygen atoms in total. The first kappa shape index (κ1) is 11.8. The maximum atomic E-state index is 5.48. The second-order valence-electron chi connectivity index (χ2n) is 3.81. The van der Waals surface area contributed by atoms with E-state index in [4.69, 9.17) is 15.0 Å². The quantitative estimate of drug-likeness (QED) is 0.856. The standard InChI is InChI=1S/C13H16N2O2/c1-16-9-10-4-2-3-5-12(10)13-8-11(6-7-14)17-15-13/h2-5,8H,6-7,9,14H2,1H3. The van der Waals surface area contributed by atoms with Crippen molar-refractivity contribution in [3.05, 3.63) is 41.7 Å². The van der Waals surface area contributed by atoms with Crippen molar-refractivity contribution in [2.45, 2.75) is 13.0 Å². The summed E-state index contributed by atoms with van der Waals surface area (Å²) in [5.74, 6) is 0.815. The fraction of sp³-hybridized carbons (Fsp3) is 0.308. The number of nitrogens with two attached hydrogens (primary N) is 1. The Morgan fingerprint density at radius 2 is 2.18 bits per heavy atom. The number of nitrogens with zero attached hydrogens (tertiary/aromatic N) is 1. The lowest BCUT2D eigenvalue weighted by Gasteiger charge is -2.04. The molecule has 0 atom stereocenters. The zero-order valence-electron chi connectivity index (χ0n) is 9.85. The second-order valence-corrected chi connectivity index (χ2v) is 3.81. The van der Waals surface area contributed by atoms with Gasteiger partial charge in [0.2, 0.25) is 0 Å². The van der Waals surface area contributed by atoms with E-state index in [2.05, 4.69) is 5.16 Å². The van der Waals surface area contributed by atoms with Gasteiger partial charge < -0.3 is 15.0 Å². The zero-order valence-corrected chi connectivity index (χ0v) is 9.85. The summed E-state index contributed by atoms with van der Waals surface area (Å²) in [7, 11) is 1.68. The first-order valence-electron chi connectivity index (χ1n) is 5.58. The van der Waals surface area contributed by atoms with E-state index in [0.717, 1.165) is 22.6 Å². The van der Waals surface area contributed by atoms with E-state index in [0.29, 0.717) is 19.6 Å². The van der Waals surface area contributed by atoms with Crippen LogP contribution in [0.4, 0.5) is 0 Å². The molecule has 4 heteroatoms. The minimum Gasteiger partial charge on any atom is -0.380 e. The first-order valence-corrected chi connectivity index (χ1v) is 5.58. The summed E-state index contributed by atoms with van der Waals surface area (Å²) in [5.41, 5.74) is 8.46. The Morgan fingerprint density at radius 1 is 1.35 bits per heavy atom. The number of hydrogen-bond donors (Lipinski definition) is 1. The van der Waals surface area contributed by atoms with E-state index >= 15 is 0 Å². The van der Waals surface area contributed by atoms with Crippen LogP contribution < -0.4 is 5.73 Å². The average molecular weight is 232 g/mol. The van der Waals surface area contributed by atoms with E-state index in [1.807, 2.05) is 30.3 Å². The van der Waals surface area contributed by atoms with Crippen LogP contribution in [0, 0.1) is 0 Å². The van der Waals surface area contributed by atoms with Gasteiger partial charge in [-0.1, -0.05) is 29.4 Å². The molecule has 2 rings (SSSR count). The minimum absolute atomic E-state index is 0.564. The third-order valence-corrected chi connectivity index (χ3v) is 2.54. The van der Waals surface area contributed by atoms with Crippen molar-refractivity contribution in [2.75, 3.05) is 13.7 Å². The summed E-state index contributed by atoms with van der Waals surface area (Å²) >= 11 is 0. The first-order chi connectivity index (χ1) is 8.35. The highest BCUT2D eigenvalue weighted by atomic mass is 16.5. The van der Waals surface area contributed by atoms with Crippen molar-refractivity contribution in [2.24, 2.45) is 5.73 Å². The van der Waals surface area contributed by atoms with Crippen molar-refractivity contribution < 1.29 is 9.26 Å². The van der Waals surface area contributed by atoms with Gasteiger partial charge in [-0.3, -0.25) is 0 Å². The van der Waals surface area contributed by atoms with Gasteiger partial charge in [0, 0.05) is 25.2 Å². The number of rotatable bonds is 5. The summed E-state index contributed by atoms with van der Waals surface area (Å²) in [5, 5.41) is 4.06. The SMILES string of the molecule is COCc1ccccc1-c1cc(CCN)on1. The van der Waals surface area contributed by atoms with Gasteiger partial charge in [0.05, 0.1) is 6.61 Å². The second kappa shape index (κ2) is 5.61. The summed E-state index contributed by atoms with van der Waals surface area (Å²) in [4.78, 5) is 0. The molecule has 0 unspecified atom stereocenters. The van der Waals surface area contributed by atoms with Gasteiger partial charge in [0.25, 0.3) is 0 Å². The Bertz CT molecular complexity index is 480. The van der Waals surface area contributed by atoms with Crippen LogP contribution in [-0.4, -0.2) is 18.8 Å². The van der Waals surface area contributed by atoms with Crippen LogP contribution in [0.5, 0.6) is 0 Å². The third-order valence-electron chi connectivity index (χ3n) is 2.54. The van der Waals surface area contributed by atoms with E-state index in [-0.39, 0.29) is 0 Å². The highest BCUT2D eigenvalue weighted by Gasteiger charge is 2.09. The molecule has 2 N–H and O–H groups in total. The Morgan fingerprint density at radius 3 is 2.94 bits per heavy atom. The maximum Gasteiger partial charge on any atom is 0.138 e. The number of hydrogen-bond acceptors (Lipinski definition) is 4. The number of aromatic nitrogens is 1. The highest BCUT2D eigenvalue weighted by Crippen LogP contribution is 2.23. The lowest BCUT2D eigenvalue weighted by Crippen LogP contribution is -2.01. The van der Waals surface area contributed by atoms with Crippen LogP contribution in [-0.2, 0) is 17.8 Å². The highest BCUT2D eigenvalue weighted by molar-refractivity contribution is 5.63. The molecule has 0 saturated heterocycles. The van der Waals surface area contributed by atoms with E-state index in [1.165, 1.54) is 0 Å². The molecule has 1 aromatic carbocycles. The van der Waals surface area contributed by atoms with Crippen molar-refractivity contribution in [3.63, 3.8) is 0 Å². The van der Waals surface area contributed by atoms with Crippen LogP contribution in [0.25, 0.3) is 11.3 Å². The van der Waals surface area contributed by atoms with Gasteiger partial charge >= 0.3 is 0 Å². The predicted molar refractivity (Wildman–Crippen MR) is 65.4 cm³/mol. The van der Waals surface area contributed by atoms with Gasteiger partial charge in [-0.2, -0.15) is 0 Å². The predicted octanol–water partition coefficient (Wildman–Crippen LogP) is 1.99. The van der Waals surface area contributed by atoms with Gasteiger partial charge in [-0.05, 0) is 12.1 Å². The van der Waals surface area contributed by atoms with Gasteiger partial charge in [0.1, 0.15) is 11.5 Å². The lowest BCUT2D eigenvalue weighted by molar-refractivity contribution is 0.185. The Hall–Kier alpha value is -1.65. The van der Waals surface area contributed by atoms with Crippen LogP contribution in [0.3, 0.4) is 0 Å². The molecular formula is C13H16N2O2. The molecule has 0 saturated carbocycles. The molecule has 2 aromatic rings. The number of ether oxygens (including phenoxy) is 1. The van der Waals surface area contributed by atoms with Crippen LogP contribution >= 0.6 is 0 Å². The molecule has 0 aliphatic heterocycles. The Labute approximate surface area is 100 Å². The largest absolute Gasteiger partial charge is 0.380 e. The van der Waals surface area contributed by atoms with Gasteiger partial charge in [-0.25, -0.2) is 0 Å². The van der Waals surface area contributed by atoms with Crippen LogP contribution in [0.1, 0.15) is 11.3 Å². The number of methoxy groups -OCH3 is 1. The molecule has 0 aliphatic carbocycles. The van der Waals surface area contributed by atoms with Gasteiger partial charge in [0.15, 0.2) is 0 Å². The van der Waals surface area contributed by atoms with E-state index in [1.54, 1.807) is 7.11 Å². The van der Waals surface area contributed by atoms with Gasteiger partial charge in [-0.15, -0.1) is 0 Å². The third kappa shape index (κ3) is 2.72. The Balaban J connectivity index is 2.31. The molecule has 1 aromatic heterocycles. The molecule has 17 heavy (non-hydrogen) atoms. The molecule has 0 amide bonds. The van der Waals surface area contributed by atoms with Crippen molar-refractivity contribution in [1.29, 1.82) is 0 Å². The smallest absolute Gasteiger partial charge is 0.138 e. The zero-order chi connectivity index (χ0) is 12.1. The lowest BCUT2D eigenvalue weighted by atomic mass is 10.0. The van der Waals surface area contributed by atoms with E-state index < -0.39 is 0 Å². The number of benzene rings is 1. The van der Waals surface area contributed by atoms with E-state index in [9.17, 15) is 0 Å². The van der Waals surface area contributed by atoms with Crippen LogP contribution in [0.15, 0.2) is 34.9 Å². The fourth-order valence-electron chi connectivity index (χ4n) is 1.75. The molecule has 0 fully saturated rings. The molecule has 0 radical (unpaired) electrons. The molecule has 90 valence electrons. The molecule has 0 bridgehead atoms. The van der Waals surface area contributed by atoms with Crippen LogP contribution in [0.2, 0.25) is 0 Å². The van der Waals surface area contributed by atoms with Crippen molar-refractivity contribution in [3.8, 4) is 11.3 Å². The summed E-state index contributed by atoms with van der Waals surface area (Å²) in [6.07, 6.45) is 0.708. The topological polar surface area (TPSA) is 61.3 Å². The molecule has 0 aliphatic rings. The summed E-state index contributed by atoms with van der Waals surface area (Å²) < 4.78 is 10.4. The normalized spacial score (nSPS) is 10.7. The molecule has 0 spiro atoms. The summed E-state index contributed by atoms with van der Waals surface area (Å²) in [6.45, 7) is 1.13.